The van der Waals surface area contributed by atoms with Crippen LogP contribution in [0.2, 0.25) is 0 Å². The Morgan fingerprint density at radius 1 is 0.786 bits per heavy atom. The topological polar surface area (TPSA) is 25.8 Å². The van der Waals surface area contributed by atoms with E-state index in [1.54, 1.807) is 12.4 Å². The van der Waals surface area contributed by atoms with E-state index in [0.717, 1.165) is 22.9 Å². The van der Waals surface area contributed by atoms with E-state index in [1.807, 2.05) is 32.2 Å². The Hall–Kier alpha value is -2.62. The molecular weight excluding hydrogens is 354 g/mol. The van der Waals surface area contributed by atoms with Gasteiger partial charge in [0, 0.05) is 30.2 Å². The first-order valence-corrected chi connectivity index (χ1v) is 9.42. The van der Waals surface area contributed by atoms with Gasteiger partial charge in [-0.15, -0.1) is 0 Å². The van der Waals surface area contributed by atoms with Crippen molar-refractivity contribution in [2.75, 3.05) is 0 Å². The summed E-state index contributed by atoms with van der Waals surface area (Å²) in [5, 5.41) is 0. The summed E-state index contributed by atoms with van der Waals surface area (Å²) in [7, 11) is 0. The lowest BCUT2D eigenvalue weighted by molar-refractivity contribution is 0.503. The molecule has 2 aromatic heterocycles. The first kappa shape index (κ1) is 20.1. The van der Waals surface area contributed by atoms with Crippen molar-refractivity contribution in [3.05, 3.63) is 83.3 Å². The molecule has 0 aliphatic heterocycles. The summed E-state index contributed by atoms with van der Waals surface area (Å²) in [5.74, 6) is -1.11. The first-order chi connectivity index (χ1) is 13.0. The molecule has 2 nitrogen and oxygen atoms in total. The average Bonchev–Trinajstić information content (AvgIpc) is 2.60. The van der Waals surface area contributed by atoms with E-state index in [0.29, 0.717) is 12.0 Å². The molecule has 0 aliphatic carbocycles. The largest absolute Gasteiger partial charge is 0.264 e. The van der Waals surface area contributed by atoms with Gasteiger partial charge < -0.3 is 0 Å². The Morgan fingerprint density at radius 3 is 2.04 bits per heavy atom. The molecule has 146 valence electrons. The zero-order valence-electron chi connectivity index (χ0n) is 17.1. The number of benzene rings is 1. The maximum atomic E-state index is 13.6. The lowest BCUT2D eigenvalue weighted by Crippen LogP contribution is -2.21. The summed E-state index contributed by atoms with van der Waals surface area (Å²) in [5.41, 5.74) is 4.20. The summed E-state index contributed by atoms with van der Waals surface area (Å²) in [6.45, 7) is 10.4. The monoisotopic (exact) mass is 380 g/mol. The van der Waals surface area contributed by atoms with Crippen molar-refractivity contribution in [1.82, 2.24) is 9.97 Å². The summed E-state index contributed by atoms with van der Waals surface area (Å²) >= 11 is 0. The lowest BCUT2D eigenvalue weighted by Gasteiger charge is -2.25. The average molecular weight is 380 g/mol. The molecule has 4 heteroatoms. The van der Waals surface area contributed by atoms with Crippen molar-refractivity contribution < 1.29 is 8.78 Å². The highest BCUT2D eigenvalue weighted by molar-refractivity contribution is 5.59. The number of rotatable bonds is 4. The third-order valence-electron chi connectivity index (χ3n) is 5.01. The number of hydrogen-bond acceptors (Lipinski definition) is 2. The molecule has 1 aromatic carbocycles. The lowest BCUT2D eigenvalue weighted by atomic mass is 9.79. The first-order valence-electron chi connectivity index (χ1n) is 9.42. The van der Waals surface area contributed by atoms with Gasteiger partial charge in [0.05, 0.1) is 5.69 Å². The van der Waals surface area contributed by atoms with Crippen LogP contribution in [0.25, 0.3) is 11.3 Å². The van der Waals surface area contributed by atoms with Crippen molar-refractivity contribution >= 4 is 0 Å². The minimum Gasteiger partial charge on any atom is -0.264 e. The van der Waals surface area contributed by atoms with E-state index in [9.17, 15) is 8.78 Å². The molecule has 0 amide bonds. The Bertz CT molecular complexity index is 950. The molecular formula is C24H26F2N2. The third kappa shape index (κ3) is 4.61. The van der Waals surface area contributed by atoms with Crippen LogP contribution in [0, 0.1) is 11.6 Å². The zero-order chi connectivity index (χ0) is 20.5. The fraction of sp³-hybridized carbons (Fsp3) is 0.333. The van der Waals surface area contributed by atoms with Crippen molar-refractivity contribution in [2.24, 2.45) is 0 Å². The molecule has 2 heterocycles. The van der Waals surface area contributed by atoms with Gasteiger partial charge in [0.1, 0.15) is 11.6 Å². The smallest absolute Gasteiger partial charge is 0.126 e. The van der Waals surface area contributed by atoms with Gasteiger partial charge in [0.25, 0.3) is 0 Å². The molecule has 0 fully saturated rings. The Morgan fingerprint density at radius 2 is 1.46 bits per heavy atom. The normalized spacial score (nSPS) is 12.2. The maximum Gasteiger partial charge on any atom is 0.126 e. The van der Waals surface area contributed by atoms with Gasteiger partial charge in [-0.05, 0) is 58.2 Å². The van der Waals surface area contributed by atoms with Crippen LogP contribution >= 0.6 is 0 Å². The second-order valence-electron chi connectivity index (χ2n) is 8.98. The second-order valence-corrected chi connectivity index (χ2v) is 8.98. The predicted octanol–water partition coefficient (Wildman–Crippen LogP) is 6.24. The van der Waals surface area contributed by atoms with Crippen molar-refractivity contribution in [3.8, 4) is 11.3 Å². The molecule has 0 unspecified atom stereocenters. The molecule has 0 aliphatic rings. The molecule has 0 spiro atoms. The van der Waals surface area contributed by atoms with Gasteiger partial charge in [-0.25, -0.2) is 8.78 Å². The van der Waals surface area contributed by atoms with Gasteiger partial charge in [-0.1, -0.05) is 40.7 Å². The Kier molecular flexibility index (Phi) is 5.33. The fourth-order valence-corrected chi connectivity index (χ4v) is 3.29. The standard InChI is InChI=1S/C24H26F2N2/c1-23(2,3)18-6-7-22(28-15-18)17-8-16(13-27-14-17)12-24(4,5)19-9-20(25)11-21(26)10-19/h6-11,13-15H,12H2,1-5H3. The van der Waals surface area contributed by atoms with Crippen LogP contribution in [0.4, 0.5) is 8.78 Å². The zero-order valence-corrected chi connectivity index (χ0v) is 17.1. The highest BCUT2D eigenvalue weighted by Gasteiger charge is 2.23. The maximum absolute atomic E-state index is 13.6. The number of hydrogen-bond donors (Lipinski definition) is 0. The second kappa shape index (κ2) is 7.42. The highest BCUT2D eigenvalue weighted by atomic mass is 19.1. The minimum atomic E-state index is -0.557. The van der Waals surface area contributed by atoms with Crippen molar-refractivity contribution in [3.63, 3.8) is 0 Å². The summed E-state index contributed by atoms with van der Waals surface area (Å²) in [4.78, 5) is 8.95. The number of halogens is 2. The summed E-state index contributed by atoms with van der Waals surface area (Å²) < 4.78 is 27.3. The van der Waals surface area contributed by atoms with Gasteiger partial charge in [-0.3, -0.25) is 9.97 Å². The number of nitrogens with zero attached hydrogens (tertiary/aromatic N) is 2. The van der Waals surface area contributed by atoms with Gasteiger partial charge in [0.15, 0.2) is 0 Å². The summed E-state index contributed by atoms with van der Waals surface area (Å²) in [6, 6.07) is 9.83. The predicted molar refractivity (Wildman–Crippen MR) is 109 cm³/mol. The van der Waals surface area contributed by atoms with Crippen LogP contribution in [0.5, 0.6) is 0 Å². The molecule has 0 N–H and O–H groups in total. The molecule has 3 rings (SSSR count). The van der Waals surface area contributed by atoms with Crippen LogP contribution in [-0.4, -0.2) is 9.97 Å². The Balaban J connectivity index is 1.87. The Labute approximate surface area is 165 Å². The van der Waals surface area contributed by atoms with Gasteiger partial charge >= 0.3 is 0 Å². The van der Waals surface area contributed by atoms with Crippen LogP contribution in [-0.2, 0) is 17.3 Å². The van der Waals surface area contributed by atoms with Crippen LogP contribution in [0.15, 0.2) is 55.0 Å². The van der Waals surface area contributed by atoms with E-state index in [2.05, 4.69) is 36.8 Å². The molecule has 0 bridgehead atoms. The third-order valence-corrected chi connectivity index (χ3v) is 5.01. The SMILES string of the molecule is CC(C)(C)c1ccc(-c2cncc(CC(C)(C)c3cc(F)cc(F)c3)c2)nc1. The molecule has 0 saturated heterocycles. The number of aromatic nitrogens is 2. The highest BCUT2D eigenvalue weighted by Crippen LogP contribution is 2.30. The summed E-state index contributed by atoms with van der Waals surface area (Å²) in [6.07, 6.45) is 6.10. The molecule has 0 saturated carbocycles. The van der Waals surface area contributed by atoms with E-state index < -0.39 is 17.0 Å². The minimum absolute atomic E-state index is 0.0515. The van der Waals surface area contributed by atoms with Crippen molar-refractivity contribution in [2.45, 2.75) is 51.9 Å². The quantitative estimate of drug-likeness (QED) is 0.535. The fourth-order valence-electron chi connectivity index (χ4n) is 3.29. The molecule has 3 aromatic rings. The molecule has 28 heavy (non-hydrogen) atoms. The van der Waals surface area contributed by atoms with E-state index >= 15 is 0 Å². The van der Waals surface area contributed by atoms with Crippen LogP contribution < -0.4 is 0 Å². The molecule has 0 atom stereocenters. The van der Waals surface area contributed by atoms with E-state index in [1.165, 1.54) is 17.7 Å². The van der Waals surface area contributed by atoms with Crippen molar-refractivity contribution in [1.29, 1.82) is 0 Å². The van der Waals surface area contributed by atoms with E-state index in [-0.39, 0.29) is 5.41 Å². The van der Waals surface area contributed by atoms with Gasteiger partial charge in [-0.2, -0.15) is 0 Å². The van der Waals surface area contributed by atoms with Crippen LogP contribution in [0.3, 0.4) is 0 Å². The number of pyridine rings is 2. The van der Waals surface area contributed by atoms with Gasteiger partial charge in [0.2, 0.25) is 0 Å². The molecule has 0 radical (unpaired) electrons. The van der Waals surface area contributed by atoms with E-state index in [4.69, 9.17) is 0 Å². The van der Waals surface area contributed by atoms with Crippen LogP contribution in [0.1, 0.15) is 51.3 Å².